The van der Waals surface area contributed by atoms with Crippen molar-refractivity contribution in [2.24, 2.45) is 0 Å². The maximum atomic E-state index is 12.0. The van der Waals surface area contributed by atoms with E-state index in [-0.39, 0.29) is 18.3 Å². The van der Waals surface area contributed by atoms with Crippen molar-refractivity contribution >= 4 is 23.6 Å². The van der Waals surface area contributed by atoms with E-state index in [2.05, 4.69) is 10.2 Å². The van der Waals surface area contributed by atoms with E-state index >= 15 is 0 Å². The van der Waals surface area contributed by atoms with Gasteiger partial charge in [-0.1, -0.05) is 11.8 Å². The number of nitrogens with zero attached hydrogens (tertiary/aromatic N) is 4. The van der Waals surface area contributed by atoms with Crippen molar-refractivity contribution in [2.45, 2.75) is 18.6 Å². The first kappa shape index (κ1) is 18.5. The first-order valence-electron chi connectivity index (χ1n) is 8.30. The van der Waals surface area contributed by atoms with Crippen LogP contribution >= 0.6 is 11.8 Å². The molecule has 3 rings (SSSR count). The fourth-order valence-electron chi connectivity index (χ4n) is 2.48. The SMILES string of the molecule is CCn1c(SCC(=O)OCC(=O)N2CCOCC2)nnc1-c1ccco1. The first-order valence-corrected chi connectivity index (χ1v) is 9.28. The van der Waals surface area contributed by atoms with Crippen molar-refractivity contribution in [1.29, 1.82) is 0 Å². The van der Waals surface area contributed by atoms with E-state index in [1.54, 1.807) is 23.3 Å². The van der Waals surface area contributed by atoms with Crippen LogP contribution in [0.1, 0.15) is 6.92 Å². The maximum absolute atomic E-state index is 12.0. The Morgan fingerprint density at radius 3 is 2.81 bits per heavy atom. The smallest absolute Gasteiger partial charge is 0.316 e. The molecule has 3 heterocycles. The van der Waals surface area contributed by atoms with Crippen LogP contribution < -0.4 is 0 Å². The first-order chi connectivity index (χ1) is 12.7. The van der Waals surface area contributed by atoms with Crippen molar-refractivity contribution in [1.82, 2.24) is 19.7 Å². The van der Waals surface area contributed by atoms with Gasteiger partial charge in [0.15, 0.2) is 23.3 Å². The monoisotopic (exact) mass is 380 g/mol. The highest BCUT2D eigenvalue weighted by atomic mass is 32.2. The number of furan rings is 1. The molecule has 0 radical (unpaired) electrons. The summed E-state index contributed by atoms with van der Waals surface area (Å²) in [5.41, 5.74) is 0. The highest BCUT2D eigenvalue weighted by Crippen LogP contribution is 2.24. The minimum Gasteiger partial charge on any atom is -0.461 e. The normalized spacial score (nSPS) is 14.4. The van der Waals surface area contributed by atoms with Crippen molar-refractivity contribution < 1.29 is 23.5 Å². The summed E-state index contributed by atoms with van der Waals surface area (Å²) in [4.78, 5) is 25.5. The second-order valence-corrected chi connectivity index (χ2v) is 6.41. The van der Waals surface area contributed by atoms with Crippen molar-refractivity contribution in [3.8, 4) is 11.6 Å². The predicted molar refractivity (Wildman–Crippen MR) is 92.5 cm³/mol. The standard InChI is InChI=1S/C16H20N4O5S/c1-2-20-15(12-4-3-7-24-12)17-18-16(20)26-11-14(22)25-10-13(21)19-5-8-23-9-6-19/h3-4,7H,2,5-6,8-11H2,1H3. The third-order valence-electron chi connectivity index (χ3n) is 3.81. The van der Waals surface area contributed by atoms with Gasteiger partial charge in [0, 0.05) is 19.6 Å². The van der Waals surface area contributed by atoms with Crippen LogP contribution in [0.15, 0.2) is 28.0 Å². The Morgan fingerprint density at radius 1 is 1.31 bits per heavy atom. The Hall–Kier alpha value is -2.33. The molecular weight excluding hydrogens is 360 g/mol. The topological polar surface area (TPSA) is 99.7 Å². The van der Waals surface area contributed by atoms with Gasteiger partial charge in [-0.3, -0.25) is 14.2 Å². The number of hydrogen-bond donors (Lipinski definition) is 0. The number of morpholine rings is 1. The van der Waals surface area contributed by atoms with Crippen LogP contribution in [0.3, 0.4) is 0 Å². The summed E-state index contributed by atoms with van der Waals surface area (Å²) < 4.78 is 17.5. The van der Waals surface area contributed by atoms with Gasteiger partial charge in [-0.25, -0.2) is 0 Å². The van der Waals surface area contributed by atoms with Crippen molar-refractivity contribution in [3.05, 3.63) is 18.4 Å². The van der Waals surface area contributed by atoms with Gasteiger partial charge >= 0.3 is 5.97 Å². The van der Waals surface area contributed by atoms with E-state index in [0.717, 1.165) is 0 Å². The van der Waals surface area contributed by atoms with Crippen LogP contribution in [0, 0.1) is 0 Å². The molecule has 1 fully saturated rings. The fourth-order valence-corrected chi connectivity index (χ4v) is 3.28. The summed E-state index contributed by atoms with van der Waals surface area (Å²) in [6.07, 6.45) is 1.57. The predicted octanol–water partition coefficient (Wildman–Crippen LogP) is 1.05. The number of esters is 1. The molecule has 1 aliphatic heterocycles. The average molecular weight is 380 g/mol. The van der Waals surface area contributed by atoms with E-state index < -0.39 is 5.97 Å². The van der Waals surface area contributed by atoms with E-state index in [0.29, 0.717) is 49.6 Å². The molecule has 140 valence electrons. The quantitative estimate of drug-likeness (QED) is 0.519. The summed E-state index contributed by atoms with van der Waals surface area (Å²) >= 11 is 1.21. The second kappa shape index (κ2) is 8.86. The zero-order chi connectivity index (χ0) is 18.4. The summed E-state index contributed by atoms with van der Waals surface area (Å²) in [6, 6.07) is 3.58. The second-order valence-electron chi connectivity index (χ2n) is 5.47. The zero-order valence-corrected chi connectivity index (χ0v) is 15.2. The number of hydrogen-bond acceptors (Lipinski definition) is 8. The highest BCUT2D eigenvalue weighted by molar-refractivity contribution is 7.99. The van der Waals surface area contributed by atoms with E-state index in [1.165, 1.54) is 11.8 Å². The lowest BCUT2D eigenvalue weighted by molar-refractivity contribution is -0.151. The molecule has 1 aliphatic rings. The maximum Gasteiger partial charge on any atom is 0.316 e. The highest BCUT2D eigenvalue weighted by Gasteiger charge is 2.20. The number of amides is 1. The molecule has 0 aliphatic carbocycles. The van der Waals surface area contributed by atoms with Crippen LogP contribution in [0.2, 0.25) is 0 Å². The van der Waals surface area contributed by atoms with E-state index in [9.17, 15) is 9.59 Å². The largest absolute Gasteiger partial charge is 0.461 e. The molecule has 9 nitrogen and oxygen atoms in total. The van der Waals surface area contributed by atoms with Crippen LogP contribution in [-0.2, 0) is 25.6 Å². The number of carbonyl (C=O) groups is 2. The molecule has 1 saturated heterocycles. The Morgan fingerprint density at radius 2 is 2.12 bits per heavy atom. The lowest BCUT2D eigenvalue weighted by atomic mass is 10.4. The number of rotatable bonds is 7. The molecule has 0 spiro atoms. The van der Waals surface area contributed by atoms with Gasteiger partial charge in [0.2, 0.25) is 0 Å². The Balaban J connectivity index is 1.49. The lowest BCUT2D eigenvalue weighted by Gasteiger charge is -2.26. The van der Waals surface area contributed by atoms with Gasteiger partial charge in [0.05, 0.1) is 25.2 Å². The number of carbonyl (C=O) groups excluding carboxylic acids is 2. The van der Waals surface area contributed by atoms with E-state index in [1.807, 2.05) is 11.5 Å². The Kier molecular flexibility index (Phi) is 6.29. The summed E-state index contributed by atoms with van der Waals surface area (Å²) in [5.74, 6) is 0.596. The molecule has 2 aromatic heterocycles. The van der Waals surface area contributed by atoms with Gasteiger partial charge in [-0.15, -0.1) is 10.2 Å². The van der Waals surface area contributed by atoms with Crippen LogP contribution in [0.4, 0.5) is 0 Å². The molecule has 0 N–H and O–H groups in total. The van der Waals surface area contributed by atoms with Crippen LogP contribution in [0.25, 0.3) is 11.6 Å². The third kappa shape index (κ3) is 4.44. The van der Waals surface area contributed by atoms with Crippen LogP contribution in [0.5, 0.6) is 0 Å². The summed E-state index contributed by atoms with van der Waals surface area (Å²) in [6.45, 7) is 4.42. The van der Waals surface area contributed by atoms with Gasteiger partial charge < -0.3 is 18.8 Å². The minimum absolute atomic E-state index is 0.0483. The van der Waals surface area contributed by atoms with Gasteiger partial charge in [0.25, 0.3) is 5.91 Å². The van der Waals surface area contributed by atoms with E-state index in [4.69, 9.17) is 13.9 Å². The number of aromatic nitrogens is 3. The van der Waals surface area contributed by atoms with Gasteiger partial charge in [-0.05, 0) is 19.1 Å². The molecule has 0 unspecified atom stereocenters. The zero-order valence-electron chi connectivity index (χ0n) is 14.4. The molecule has 1 amide bonds. The molecule has 10 heteroatoms. The van der Waals surface area contributed by atoms with Crippen molar-refractivity contribution in [3.63, 3.8) is 0 Å². The molecule has 0 bridgehead atoms. The fraction of sp³-hybridized carbons (Fsp3) is 0.500. The molecule has 0 atom stereocenters. The lowest BCUT2D eigenvalue weighted by Crippen LogP contribution is -2.42. The van der Waals surface area contributed by atoms with Crippen LogP contribution in [-0.4, -0.2) is 70.2 Å². The third-order valence-corrected chi connectivity index (χ3v) is 4.75. The van der Waals surface area contributed by atoms with Gasteiger partial charge in [-0.2, -0.15) is 0 Å². The Labute approximate surface area is 154 Å². The average Bonchev–Trinajstić information content (AvgIpc) is 3.34. The van der Waals surface area contributed by atoms with Gasteiger partial charge in [0.1, 0.15) is 0 Å². The molecule has 2 aromatic rings. The summed E-state index contributed by atoms with van der Waals surface area (Å²) in [5, 5.41) is 8.81. The number of thioether (sulfide) groups is 1. The number of ether oxygens (including phenoxy) is 2. The molecule has 0 aromatic carbocycles. The minimum atomic E-state index is -0.471. The molecule has 26 heavy (non-hydrogen) atoms. The summed E-state index contributed by atoms with van der Waals surface area (Å²) in [7, 11) is 0. The Bertz CT molecular complexity index is 740. The molecular formula is C16H20N4O5S. The molecule has 0 saturated carbocycles. The van der Waals surface area contributed by atoms with Crippen molar-refractivity contribution in [2.75, 3.05) is 38.7 Å².